The summed E-state index contributed by atoms with van der Waals surface area (Å²) in [7, 11) is 1.43. The van der Waals surface area contributed by atoms with E-state index in [1.54, 1.807) is 0 Å². The second kappa shape index (κ2) is 7.15. The molecule has 1 rings (SSSR count). The van der Waals surface area contributed by atoms with Crippen molar-refractivity contribution in [2.45, 2.75) is 51.9 Å². The molecule has 0 aliphatic heterocycles. The van der Waals surface area contributed by atoms with Crippen molar-refractivity contribution in [3.8, 4) is 0 Å². The average Bonchev–Trinajstić information content (AvgIpc) is 2.82. The highest BCUT2D eigenvalue weighted by atomic mass is 16.5. The van der Waals surface area contributed by atoms with Crippen LogP contribution in [0.1, 0.15) is 57.0 Å². The molecule has 0 aromatic carbocycles. The zero-order valence-electron chi connectivity index (χ0n) is 11.0. The van der Waals surface area contributed by atoms with E-state index < -0.39 is 0 Å². The zero-order valence-corrected chi connectivity index (χ0v) is 11.0. The third kappa shape index (κ3) is 4.25. The molecular weight excluding hydrogens is 216 g/mol. The Bertz CT molecular complexity index is 341. The van der Waals surface area contributed by atoms with Crippen molar-refractivity contribution in [1.82, 2.24) is 0 Å². The maximum atomic E-state index is 11.0. The first kappa shape index (κ1) is 13.8. The van der Waals surface area contributed by atoms with Gasteiger partial charge >= 0.3 is 5.97 Å². The lowest BCUT2D eigenvalue weighted by atomic mass is 9.97. The summed E-state index contributed by atoms with van der Waals surface area (Å²) in [6, 6.07) is 4.10. The minimum Gasteiger partial charge on any atom is -0.469 e. The molecule has 0 radical (unpaired) electrons. The first-order chi connectivity index (χ1) is 8.21. The molecule has 0 aliphatic rings. The van der Waals surface area contributed by atoms with Crippen LogP contribution < -0.4 is 0 Å². The summed E-state index contributed by atoms with van der Waals surface area (Å²) >= 11 is 0. The van der Waals surface area contributed by atoms with Crippen LogP contribution in [-0.4, -0.2) is 13.1 Å². The van der Waals surface area contributed by atoms with Crippen LogP contribution in [-0.2, 0) is 16.0 Å². The lowest BCUT2D eigenvalue weighted by Crippen LogP contribution is -2.02. The molecule has 1 atom stereocenters. The van der Waals surface area contributed by atoms with Gasteiger partial charge in [0.2, 0.25) is 0 Å². The minimum absolute atomic E-state index is 0.131. The highest BCUT2D eigenvalue weighted by molar-refractivity contribution is 5.68. The molecular formula is C14H22O3. The van der Waals surface area contributed by atoms with E-state index in [2.05, 4.69) is 24.7 Å². The molecule has 3 nitrogen and oxygen atoms in total. The van der Waals surface area contributed by atoms with Gasteiger partial charge in [-0.25, -0.2) is 0 Å². The van der Waals surface area contributed by atoms with Crippen LogP contribution in [0.4, 0.5) is 0 Å². The number of carbonyl (C=O) groups is 1. The van der Waals surface area contributed by atoms with Gasteiger partial charge in [0.25, 0.3) is 0 Å². The summed E-state index contributed by atoms with van der Waals surface area (Å²) in [5.74, 6) is 2.37. The highest BCUT2D eigenvalue weighted by Gasteiger charge is 2.14. The van der Waals surface area contributed by atoms with Gasteiger partial charge in [0.15, 0.2) is 0 Å². The van der Waals surface area contributed by atoms with Crippen molar-refractivity contribution in [2.75, 3.05) is 7.11 Å². The van der Waals surface area contributed by atoms with Crippen molar-refractivity contribution in [1.29, 1.82) is 0 Å². The van der Waals surface area contributed by atoms with E-state index in [0.29, 0.717) is 12.3 Å². The molecule has 0 saturated carbocycles. The van der Waals surface area contributed by atoms with Crippen LogP contribution in [0.2, 0.25) is 0 Å². The molecule has 1 aromatic rings. The van der Waals surface area contributed by atoms with E-state index in [0.717, 1.165) is 37.2 Å². The molecule has 0 fully saturated rings. The van der Waals surface area contributed by atoms with E-state index in [1.165, 1.54) is 7.11 Å². The number of carbonyl (C=O) groups excluding carboxylic acids is 1. The molecule has 0 N–H and O–H groups in total. The van der Waals surface area contributed by atoms with Gasteiger partial charge < -0.3 is 9.15 Å². The Morgan fingerprint density at radius 2 is 2.18 bits per heavy atom. The molecule has 0 aliphatic carbocycles. The van der Waals surface area contributed by atoms with Crippen LogP contribution in [0.15, 0.2) is 16.5 Å². The second-order valence-electron chi connectivity index (χ2n) is 4.23. The minimum atomic E-state index is -0.131. The molecule has 96 valence electrons. The topological polar surface area (TPSA) is 39.4 Å². The smallest absolute Gasteiger partial charge is 0.305 e. The van der Waals surface area contributed by atoms with Gasteiger partial charge in [0.05, 0.1) is 7.11 Å². The monoisotopic (exact) mass is 238 g/mol. The fourth-order valence-electron chi connectivity index (χ4n) is 1.95. The Kier molecular flexibility index (Phi) is 5.81. The van der Waals surface area contributed by atoms with Gasteiger partial charge in [0.1, 0.15) is 11.5 Å². The molecule has 0 saturated heterocycles. The first-order valence-corrected chi connectivity index (χ1v) is 6.36. The number of aryl methyl sites for hydroxylation is 1. The van der Waals surface area contributed by atoms with Crippen LogP contribution in [0.25, 0.3) is 0 Å². The third-order valence-corrected chi connectivity index (χ3v) is 3.09. The Hall–Kier alpha value is -1.25. The lowest BCUT2D eigenvalue weighted by molar-refractivity contribution is -0.140. The van der Waals surface area contributed by atoms with Crippen LogP contribution in [0, 0.1) is 0 Å². The SMILES string of the molecule is CCc1ccc(C(CC)CCCC(=O)OC)o1. The largest absolute Gasteiger partial charge is 0.469 e. The standard InChI is InChI=1S/C14H22O3/c1-4-11(7-6-8-14(15)16-3)13-10-9-12(5-2)17-13/h9-11H,4-8H2,1-3H3. The number of hydrogen-bond acceptors (Lipinski definition) is 3. The Morgan fingerprint density at radius 1 is 1.41 bits per heavy atom. The Balaban J connectivity index is 2.45. The summed E-state index contributed by atoms with van der Waals surface area (Å²) in [4.78, 5) is 11.0. The van der Waals surface area contributed by atoms with E-state index in [1.807, 2.05) is 6.07 Å². The number of furan rings is 1. The molecule has 1 heterocycles. The zero-order chi connectivity index (χ0) is 12.7. The maximum absolute atomic E-state index is 11.0. The summed E-state index contributed by atoms with van der Waals surface area (Å²) in [5.41, 5.74) is 0. The predicted octanol–water partition coefficient (Wildman–Crippen LogP) is 3.68. The third-order valence-electron chi connectivity index (χ3n) is 3.09. The van der Waals surface area contributed by atoms with Gasteiger partial charge in [-0.1, -0.05) is 13.8 Å². The average molecular weight is 238 g/mol. The van der Waals surface area contributed by atoms with E-state index >= 15 is 0 Å². The van der Waals surface area contributed by atoms with Crippen molar-refractivity contribution in [2.24, 2.45) is 0 Å². The fourth-order valence-corrected chi connectivity index (χ4v) is 1.95. The molecule has 0 spiro atoms. The summed E-state index contributed by atoms with van der Waals surface area (Å²) < 4.78 is 10.4. The number of methoxy groups -OCH3 is 1. The quantitative estimate of drug-likeness (QED) is 0.680. The van der Waals surface area contributed by atoms with Crippen molar-refractivity contribution < 1.29 is 13.9 Å². The van der Waals surface area contributed by atoms with Crippen LogP contribution >= 0.6 is 0 Å². The highest BCUT2D eigenvalue weighted by Crippen LogP contribution is 2.27. The van der Waals surface area contributed by atoms with Gasteiger partial charge in [-0.05, 0) is 31.4 Å². The molecule has 17 heavy (non-hydrogen) atoms. The van der Waals surface area contributed by atoms with E-state index in [-0.39, 0.29) is 5.97 Å². The van der Waals surface area contributed by atoms with Crippen LogP contribution in [0.5, 0.6) is 0 Å². The van der Waals surface area contributed by atoms with Crippen molar-refractivity contribution >= 4 is 5.97 Å². The number of esters is 1. The molecule has 0 amide bonds. The number of hydrogen-bond donors (Lipinski definition) is 0. The second-order valence-corrected chi connectivity index (χ2v) is 4.23. The Labute approximate surface area is 103 Å². The molecule has 1 unspecified atom stereocenters. The van der Waals surface area contributed by atoms with Crippen molar-refractivity contribution in [3.63, 3.8) is 0 Å². The fraction of sp³-hybridized carbons (Fsp3) is 0.643. The van der Waals surface area contributed by atoms with E-state index in [9.17, 15) is 4.79 Å². The Morgan fingerprint density at radius 3 is 2.71 bits per heavy atom. The maximum Gasteiger partial charge on any atom is 0.305 e. The summed E-state index contributed by atoms with van der Waals surface area (Å²) in [6.45, 7) is 4.23. The van der Waals surface area contributed by atoms with Crippen LogP contribution in [0.3, 0.4) is 0 Å². The van der Waals surface area contributed by atoms with Gasteiger partial charge in [-0.15, -0.1) is 0 Å². The predicted molar refractivity (Wildman–Crippen MR) is 67.0 cm³/mol. The molecule has 3 heteroatoms. The molecule has 0 bridgehead atoms. The first-order valence-electron chi connectivity index (χ1n) is 6.36. The molecule has 1 aromatic heterocycles. The summed E-state index contributed by atoms with van der Waals surface area (Å²) in [5, 5.41) is 0. The number of ether oxygens (including phenoxy) is 1. The summed E-state index contributed by atoms with van der Waals surface area (Å²) in [6.07, 6.45) is 4.29. The van der Waals surface area contributed by atoms with Gasteiger partial charge in [-0.3, -0.25) is 4.79 Å². The van der Waals surface area contributed by atoms with E-state index in [4.69, 9.17) is 4.42 Å². The normalized spacial score (nSPS) is 12.4. The lowest BCUT2D eigenvalue weighted by Gasteiger charge is -2.11. The number of rotatable bonds is 7. The van der Waals surface area contributed by atoms with Crippen molar-refractivity contribution in [3.05, 3.63) is 23.7 Å². The van der Waals surface area contributed by atoms with Gasteiger partial charge in [-0.2, -0.15) is 0 Å². The van der Waals surface area contributed by atoms with Gasteiger partial charge in [0, 0.05) is 18.8 Å².